The topological polar surface area (TPSA) is 64.6 Å². The number of aromatic nitrogens is 1. The summed E-state index contributed by atoms with van der Waals surface area (Å²) >= 11 is 0. The Kier molecular flexibility index (Phi) is 1.69. The highest BCUT2D eigenvalue weighted by atomic mass is 15.1. The number of aryl methyl sites for hydroxylation is 1. The molecule has 1 heterocycles. The number of azide groups is 1. The zero-order valence-corrected chi connectivity index (χ0v) is 7.15. The molecule has 4 heteroatoms. The first-order valence-corrected chi connectivity index (χ1v) is 3.94. The van der Waals surface area contributed by atoms with Gasteiger partial charge in [-0.2, -0.15) is 0 Å². The largest absolute Gasteiger partial charge is 0.361 e. The first kappa shape index (κ1) is 7.71. The van der Waals surface area contributed by atoms with E-state index in [9.17, 15) is 0 Å². The first-order chi connectivity index (χ1) is 6.31. The summed E-state index contributed by atoms with van der Waals surface area (Å²) in [5.74, 6) is 0. The number of nitrogens with zero attached hydrogens (tertiary/aromatic N) is 3. The fourth-order valence-electron chi connectivity index (χ4n) is 1.44. The second-order valence-electron chi connectivity index (χ2n) is 2.89. The summed E-state index contributed by atoms with van der Waals surface area (Å²) in [6.45, 7) is 1.99. The normalized spacial score (nSPS) is 9.92. The Bertz CT molecular complexity index is 491. The van der Waals surface area contributed by atoms with Gasteiger partial charge in [-0.3, -0.25) is 0 Å². The third kappa shape index (κ3) is 1.23. The highest BCUT2D eigenvalue weighted by Crippen LogP contribution is 2.24. The Labute approximate surface area is 74.8 Å². The van der Waals surface area contributed by atoms with Crippen LogP contribution in [0, 0.1) is 6.92 Å². The molecule has 0 aliphatic rings. The monoisotopic (exact) mass is 172 g/mol. The summed E-state index contributed by atoms with van der Waals surface area (Å²) in [5, 5.41) is 4.72. The second kappa shape index (κ2) is 2.84. The van der Waals surface area contributed by atoms with Crippen LogP contribution in [0.15, 0.2) is 29.5 Å². The number of nitrogens with one attached hydrogen (secondary N) is 1. The van der Waals surface area contributed by atoms with Gasteiger partial charge >= 0.3 is 0 Å². The molecule has 0 aliphatic heterocycles. The number of rotatable bonds is 1. The molecule has 0 saturated heterocycles. The molecule has 64 valence electrons. The third-order valence-electron chi connectivity index (χ3n) is 2.02. The Hall–Kier alpha value is -1.93. The van der Waals surface area contributed by atoms with Crippen molar-refractivity contribution in [2.24, 2.45) is 5.11 Å². The molecule has 13 heavy (non-hydrogen) atoms. The van der Waals surface area contributed by atoms with E-state index in [-0.39, 0.29) is 0 Å². The highest BCUT2D eigenvalue weighted by Gasteiger charge is 1.99. The predicted molar refractivity (Wildman–Crippen MR) is 51.8 cm³/mol. The lowest BCUT2D eigenvalue weighted by molar-refractivity contribution is 1.42. The van der Waals surface area contributed by atoms with Crippen LogP contribution in [0.1, 0.15) is 5.56 Å². The van der Waals surface area contributed by atoms with Crippen LogP contribution in [0.5, 0.6) is 0 Å². The van der Waals surface area contributed by atoms with Crippen molar-refractivity contribution < 1.29 is 0 Å². The lowest BCUT2D eigenvalue weighted by Gasteiger charge is -1.97. The number of benzene rings is 1. The molecule has 0 saturated carbocycles. The first-order valence-electron chi connectivity index (χ1n) is 3.94. The number of aromatic amines is 1. The van der Waals surface area contributed by atoms with E-state index in [0.29, 0.717) is 5.69 Å². The molecule has 0 unspecified atom stereocenters. The molecule has 1 N–H and O–H groups in total. The van der Waals surface area contributed by atoms with Crippen molar-refractivity contribution in [3.63, 3.8) is 0 Å². The molecule has 0 bridgehead atoms. The average Bonchev–Trinajstić information content (AvgIpc) is 2.53. The molecule has 0 radical (unpaired) electrons. The second-order valence-corrected chi connectivity index (χ2v) is 2.89. The molecular formula is C9H8N4. The van der Waals surface area contributed by atoms with Crippen LogP contribution in [0.2, 0.25) is 0 Å². The van der Waals surface area contributed by atoms with Gasteiger partial charge in [0.05, 0.1) is 0 Å². The van der Waals surface area contributed by atoms with Gasteiger partial charge in [0.2, 0.25) is 0 Å². The quantitative estimate of drug-likeness (QED) is 0.389. The predicted octanol–water partition coefficient (Wildman–Crippen LogP) is 3.42. The summed E-state index contributed by atoms with van der Waals surface area (Å²) in [4.78, 5) is 5.83. The minimum Gasteiger partial charge on any atom is -0.361 e. The van der Waals surface area contributed by atoms with E-state index in [4.69, 9.17) is 5.53 Å². The van der Waals surface area contributed by atoms with Gasteiger partial charge in [0.1, 0.15) is 0 Å². The maximum absolute atomic E-state index is 8.28. The Morgan fingerprint density at radius 1 is 1.46 bits per heavy atom. The zero-order valence-electron chi connectivity index (χ0n) is 7.15. The summed E-state index contributed by atoms with van der Waals surface area (Å²) in [7, 11) is 0. The Morgan fingerprint density at radius 3 is 3.08 bits per heavy atom. The van der Waals surface area contributed by atoms with Crippen LogP contribution in [0.3, 0.4) is 0 Å². The van der Waals surface area contributed by atoms with E-state index in [0.717, 1.165) is 16.5 Å². The molecule has 1 aromatic heterocycles. The number of hydrogen-bond donors (Lipinski definition) is 1. The maximum atomic E-state index is 8.28. The fraction of sp³-hybridized carbons (Fsp3) is 0.111. The minimum atomic E-state index is 0.648. The molecule has 1 aromatic carbocycles. The van der Waals surface area contributed by atoms with Gasteiger partial charge in [-0.05, 0) is 36.2 Å². The zero-order chi connectivity index (χ0) is 9.26. The van der Waals surface area contributed by atoms with Gasteiger partial charge < -0.3 is 4.98 Å². The smallest absolute Gasteiger partial charge is 0.0461 e. The molecule has 2 aromatic rings. The van der Waals surface area contributed by atoms with E-state index in [2.05, 4.69) is 15.0 Å². The van der Waals surface area contributed by atoms with Gasteiger partial charge in [0, 0.05) is 27.7 Å². The maximum Gasteiger partial charge on any atom is 0.0461 e. The Morgan fingerprint density at radius 2 is 2.31 bits per heavy atom. The third-order valence-corrected chi connectivity index (χ3v) is 2.02. The summed E-state index contributed by atoms with van der Waals surface area (Å²) in [6.07, 6.45) is 1.87. The van der Waals surface area contributed by atoms with Crippen molar-refractivity contribution in [3.05, 3.63) is 40.4 Å². The molecular weight excluding hydrogens is 164 g/mol. The van der Waals surface area contributed by atoms with Crippen LogP contribution in [0.4, 0.5) is 5.69 Å². The van der Waals surface area contributed by atoms with Gasteiger partial charge in [0.15, 0.2) is 0 Å². The summed E-state index contributed by atoms with van der Waals surface area (Å²) in [5.41, 5.74) is 11.0. The van der Waals surface area contributed by atoms with Gasteiger partial charge in [-0.15, -0.1) is 0 Å². The van der Waals surface area contributed by atoms with Crippen LogP contribution >= 0.6 is 0 Å². The standard InChI is InChI=1S/C9H8N4/c1-6-4-7(12-13-10)5-9-8(6)2-3-11-9/h2-5,11H,1H3. The number of hydrogen-bond acceptors (Lipinski definition) is 1. The van der Waals surface area contributed by atoms with Crippen molar-refractivity contribution in [1.82, 2.24) is 4.98 Å². The summed E-state index contributed by atoms with van der Waals surface area (Å²) in [6, 6.07) is 5.71. The number of fused-ring (bicyclic) bond motifs is 1. The van der Waals surface area contributed by atoms with Crippen molar-refractivity contribution in [2.75, 3.05) is 0 Å². The molecule has 0 spiro atoms. The van der Waals surface area contributed by atoms with Crippen molar-refractivity contribution >= 4 is 16.6 Å². The minimum absolute atomic E-state index is 0.648. The van der Waals surface area contributed by atoms with Crippen molar-refractivity contribution in [3.8, 4) is 0 Å². The van der Waals surface area contributed by atoms with Crippen LogP contribution < -0.4 is 0 Å². The fourth-order valence-corrected chi connectivity index (χ4v) is 1.44. The highest BCUT2D eigenvalue weighted by molar-refractivity contribution is 5.85. The molecule has 2 rings (SSSR count). The van der Waals surface area contributed by atoms with E-state index in [1.54, 1.807) is 0 Å². The van der Waals surface area contributed by atoms with Crippen LogP contribution in [-0.2, 0) is 0 Å². The molecule has 0 fully saturated rings. The molecule has 0 amide bonds. The lowest BCUT2D eigenvalue weighted by atomic mass is 10.1. The van der Waals surface area contributed by atoms with Crippen LogP contribution in [0.25, 0.3) is 21.3 Å². The van der Waals surface area contributed by atoms with Gasteiger partial charge in [-0.1, -0.05) is 5.11 Å². The Balaban J connectivity index is 2.76. The van der Waals surface area contributed by atoms with E-state index in [1.807, 2.05) is 31.3 Å². The van der Waals surface area contributed by atoms with Gasteiger partial charge in [0.25, 0.3) is 0 Å². The van der Waals surface area contributed by atoms with Crippen LogP contribution in [-0.4, -0.2) is 4.98 Å². The van der Waals surface area contributed by atoms with E-state index in [1.165, 1.54) is 0 Å². The number of H-pyrrole nitrogens is 1. The van der Waals surface area contributed by atoms with E-state index >= 15 is 0 Å². The average molecular weight is 172 g/mol. The van der Waals surface area contributed by atoms with Gasteiger partial charge in [-0.25, -0.2) is 0 Å². The van der Waals surface area contributed by atoms with Crippen molar-refractivity contribution in [1.29, 1.82) is 0 Å². The SMILES string of the molecule is Cc1cc(N=[N+]=[N-])cc2[nH]ccc12. The lowest BCUT2D eigenvalue weighted by Crippen LogP contribution is -1.74. The molecule has 0 atom stereocenters. The van der Waals surface area contributed by atoms with E-state index < -0.39 is 0 Å². The molecule has 4 nitrogen and oxygen atoms in total. The molecule has 0 aliphatic carbocycles. The van der Waals surface area contributed by atoms with Crippen molar-refractivity contribution in [2.45, 2.75) is 6.92 Å². The summed E-state index contributed by atoms with van der Waals surface area (Å²) < 4.78 is 0.